The van der Waals surface area contributed by atoms with Gasteiger partial charge in [-0.15, -0.1) is 0 Å². The summed E-state index contributed by atoms with van der Waals surface area (Å²) in [4.78, 5) is 28.2. The molecule has 0 spiro atoms. The summed E-state index contributed by atoms with van der Waals surface area (Å²) in [6.45, 7) is 0.213. The molecule has 1 N–H and O–H groups in total. The molecule has 0 saturated carbocycles. The van der Waals surface area contributed by atoms with Crippen molar-refractivity contribution < 1.29 is 27.5 Å². The van der Waals surface area contributed by atoms with Crippen molar-refractivity contribution in [1.29, 1.82) is 0 Å². The van der Waals surface area contributed by atoms with E-state index in [-0.39, 0.29) is 12.5 Å². The second-order valence-electron chi connectivity index (χ2n) is 7.27. The van der Waals surface area contributed by atoms with Crippen LogP contribution in [0.25, 0.3) is 11.1 Å². The Balaban J connectivity index is 1.70. The van der Waals surface area contributed by atoms with Crippen molar-refractivity contribution in [2.75, 3.05) is 11.9 Å². The zero-order valence-corrected chi connectivity index (χ0v) is 16.0. The number of hydrogen-bond acceptors (Lipinski definition) is 5. The van der Waals surface area contributed by atoms with Gasteiger partial charge in [-0.3, -0.25) is 9.78 Å². The maximum atomic E-state index is 12.7. The number of halogens is 3. The van der Waals surface area contributed by atoms with Gasteiger partial charge in [0.25, 0.3) is 5.88 Å². The van der Waals surface area contributed by atoms with Crippen LogP contribution in [0.4, 0.5) is 18.9 Å². The van der Waals surface area contributed by atoms with Gasteiger partial charge in [-0.05, 0) is 48.1 Å². The first-order valence-electron chi connectivity index (χ1n) is 9.39. The van der Waals surface area contributed by atoms with Crippen LogP contribution in [0.3, 0.4) is 0 Å². The monoisotopic (exact) mass is 417 g/mol. The minimum absolute atomic E-state index is 0.109. The molecule has 2 aromatic rings. The van der Waals surface area contributed by atoms with Gasteiger partial charge >= 0.3 is 12.1 Å². The van der Waals surface area contributed by atoms with Crippen LogP contribution in [0.15, 0.2) is 36.5 Å². The molecule has 6 nitrogen and oxygen atoms in total. The normalized spacial score (nSPS) is 18.1. The van der Waals surface area contributed by atoms with Gasteiger partial charge < -0.3 is 15.0 Å². The number of pyridine rings is 1. The maximum Gasteiger partial charge on any atom is 0.471 e. The lowest BCUT2D eigenvalue weighted by molar-refractivity contribution is -0.174. The van der Waals surface area contributed by atoms with Gasteiger partial charge in [0, 0.05) is 30.6 Å². The van der Waals surface area contributed by atoms with Crippen LogP contribution in [0, 0.1) is 0 Å². The molecule has 1 aliphatic heterocycles. The first-order chi connectivity index (χ1) is 14.3. The molecule has 1 aliphatic carbocycles. The topological polar surface area (TPSA) is 71.5 Å². The van der Waals surface area contributed by atoms with Gasteiger partial charge in [-0.1, -0.05) is 6.07 Å². The summed E-state index contributed by atoms with van der Waals surface area (Å²) in [7, 11) is 1.71. The summed E-state index contributed by atoms with van der Waals surface area (Å²) in [5.41, 5.74) is 4.81. The molecular formula is C21H18F3N3O3. The van der Waals surface area contributed by atoms with Crippen molar-refractivity contribution >= 4 is 17.5 Å². The minimum atomic E-state index is -4.93. The Bertz CT molecular complexity index is 1060. The molecule has 30 heavy (non-hydrogen) atoms. The summed E-state index contributed by atoms with van der Waals surface area (Å²) < 4.78 is 43.5. The highest BCUT2D eigenvalue weighted by Gasteiger charge is 2.40. The second-order valence-corrected chi connectivity index (χ2v) is 7.27. The zero-order valence-electron chi connectivity index (χ0n) is 16.0. The number of rotatable bonds is 2. The molecule has 9 heteroatoms. The zero-order chi connectivity index (χ0) is 21.5. The van der Waals surface area contributed by atoms with Gasteiger partial charge in [0.1, 0.15) is 6.61 Å². The number of carbonyl (C=O) groups excluding carboxylic acids is 2. The van der Waals surface area contributed by atoms with Crippen molar-refractivity contribution in [2.45, 2.75) is 38.1 Å². The summed E-state index contributed by atoms with van der Waals surface area (Å²) in [6, 6.07) is 4.92. The number of aromatic nitrogens is 1. The third kappa shape index (κ3) is 3.52. The number of amides is 1. The Kier molecular flexibility index (Phi) is 4.99. The number of carbonyl (C=O) groups is 1. The van der Waals surface area contributed by atoms with Crippen LogP contribution in [-0.4, -0.2) is 30.1 Å². The van der Waals surface area contributed by atoms with Gasteiger partial charge in [0.15, 0.2) is 5.94 Å². The van der Waals surface area contributed by atoms with Gasteiger partial charge in [0.05, 0.1) is 11.7 Å². The second kappa shape index (κ2) is 7.50. The molecule has 0 radical (unpaired) electrons. The Hall–Kier alpha value is -3.32. The molecule has 0 bridgehead atoms. The molecule has 2 aliphatic rings. The van der Waals surface area contributed by atoms with E-state index in [0.29, 0.717) is 24.8 Å². The van der Waals surface area contributed by atoms with E-state index in [4.69, 9.17) is 4.74 Å². The molecule has 1 aromatic heterocycles. The number of nitrogens with zero attached hydrogens (tertiary/aromatic N) is 2. The lowest BCUT2D eigenvalue weighted by Gasteiger charge is -2.29. The Labute approximate surface area is 170 Å². The quantitative estimate of drug-likeness (QED) is 0.758. The predicted octanol–water partition coefficient (Wildman–Crippen LogP) is 3.44. The summed E-state index contributed by atoms with van der Waals surface area (Å²) >= 11 is 0. The van der Waals surface area contributed by atoms with Crippen molar-refractivity contribution in [3.05, 3.63) is 53.2 Å². The van der Waals surface area contributed by atoms with Crippen molar-refractivity contribution in [3.63, 3.8) is 0 Å². The maximum absolute atomic E-state index is 12.7. The average Bonchev–Trinajstić information content (AvgIpc) is 2.73. The number of anilines is 1. The molecule has 156 valence electrons. The number of fused-ring (bicyclic) bond motifs is 2. The van der Waals surface area contributed by atoms with E-state index in [9.17, 15) is 22.8 Å². The SMILES string of the molecule is CN1C(=C=O)OCc2cc(-c3cncc4c3CCC[C@H]4NC(=O)C(F)(F)F)ccc21. The molecule has 4 rings (SSSR count). The molecule has 0 saturated heterocycles. The highest BCUT2D eigenvalue weighted by atomic mass is 19.4. The van der Waals surface area contributed by atoms with E-state index >= 15 is 0 Å². The number of nitrogens with one attached hydrogen (secondary N) is 1. The number of hydrogen-bond donors (Lipinski definition) is 1. The third-order valence-electron chi connectivity index (χ3n) is 5.46. The standard InChI is InChI=1S/C21H18F3N3O3/c1-27-18-6-5-12(7-13(18)11-30-19(27)10-28)15-8-25-9-16-14(15)3-2-4-17(16)26-20(29)21(22,23)24/h5-9,17H,2-4,11H2,1H3,(H,26,29)/t17-/m1/s1. The fourth-order valence-electron chi connectivity index (χ4n) is 4.01. The molecule has 1 atom stereocenters. The van der Waals surface area contributed by atoms with E-state index < -0.39 is 18.1 Å². The number of ether oxygens (including phenoxy) is 1. The number of benzene rings is 1. The van der Waals surface area contributed by atoms with Crippen LogP contribution < -0.4 is 10.2 Å². The smallest absolute Gasteiger partial charge is 0.466 e. The van der Waals surface area contributed by atoms with Crippen LogP contribution >= 0.6 is 0 Å². The largest absolute Gasteiger partial charge is 0.471 e. The Morgan fingerprint density at radius 2 is 2.13 bits per heavy atom. The van der Waals surface area contributed by atoms with Crippen molar-refractivity contribution in [2.24, 2.45) is 0 Å². The summed E-state index contributed by atoms with van der Waals surface area (Å²) in [6.07, 6.45) is 0.0220. The average molecular weight is 417 g/mol. The van der Waals surface area contributed by atoms with E-state index in [1.165, 1.54) is 6.20 Å². The van der Waals surface area contributed by atoms with Crippen LogP contribution in [-0.2, 0) is 27.4 Å². The van der Waals surface area contributed by atoms with Crippen molar-refractivity contribution in [3.8, 4) is 11.1 Å². The third-order valence-corrected chi connectivity index (χ3v) is 5.46. The van der Waals surface area contributed by atoms with E-state index in [0.717, 1.165) is 27.9 Å². The van der Waals surface area contributed by atoms with Crippen molar-refractivity contribution in [1.82, 2.24) is 10.3 Å². The Morgan fingerprint density at radius 1 is 1.33 bits per heavy atom. The van der Waals surface area contributed by atoms with Gasteiger partial charge in [-0.2, -0.15) is 13.2 Å². The first kappa shape index (κ1) is 20.0. The molecule has 1 amide bonds. The summed E-state index contributed by atoms with van der Waals surface area (Å²) in [5, 5.41) is 2.09. The Morgan fingerprint density at radius 3 is 2.87 bits per heavy atom. The molecule has 0 unspecified atom stereocenters. The van der Waals surface area contributed by atoms with Crippen LogP contribution in [0.2, 0.25) is 0 Å². The minimum Gasteiger partial charge on any atom is -0.466 e. The molecule has 0 fully saturated rings. The molecule has 2 heterocycles. The highest BCUT2D eigenvalue weighted by molar-refractivity contribution is 5.82. The van der Waals surface area contributed by atoms with Crippen LogP contribution in [0.1, 0.15) is 35.6 Å². The highest BCUT2D eigenvalue weighted by Crippen LogP contribution is 2.38. The van der Waals surface area contributed by atoms with E-state index in [2.05, 4.69) is 10.3 Å². The fraction of sp³-hybridized carbons (Fsp3) is 0.333. The van der Waals surface area contributed by atoms with Crippen LogP contribution in [0.5, 0.6) is 0 Å². The predicted molar refractivity (Wildman–Crippen MR) is 102 cm³/mol. The van der Waals surface area contributed by atoms with Gasteiger partial charge in [-0.25, -0.2) is 4.79 Å². The van der Waals surface area contributed by atoms with Gasteiger partial charge in [0.2, 0.25) is 0 Å². The number of alkyl halides is 3. The summed E-state index contributed by atoms with van der Waals surface area (Å²) in [5.74, 6) is -0.0785. The molecular weight excluding hydrogens is 399 g/mol. The lowest BCUT2D eigenvalue weighted by Crippen LogP contribution is -2.40. The first-order valence-corrected chi connectivity index (χ1v) is 9.39. The molecule has 1 aromatic carbocycles. The fourth-order valence-corrected chi connectivity index (χ4v) is 4.01. The van der Waals surface area contributed by atoms with E-state index in [1.54, 1.807) is 24.1 Å². The van der Waals surface area contributed by atoms with E-state index in [1.807, 2.05) is 18.2 Å². The lowest BCUT2D eigenvalue weighted by atomic mass is 9.84.